The zero-order valence-electron chi connectivity index (χ0n) is 4.88. The van der Waals surface area contributed by atoms with Gasteiger partial charge in [-0.05, 0) is 25.0 Å². The normalized spacial score (nSPS) is 10.6. The number of hydrogen-bond donors (Lipinski definition) is 2. The number of allylic oxidation sites excluding steroid dienone is 1. The molecule has 0 heterocycles. The first-order chi connectivity index (χ1) is 3.91. The topological polar surface area (TPSA) is 20.2 Å². The van der Waals surface area contributed by atoms with Crippen LogP contribution in [0.25, 0.3) is 0 Å². The molecule has 0 aromatic carbocycles. The summed E-state index contributed by atoms with van der Waals surface area (Å²) in [6.07, 6.45) is 6.08. The Bertz CT molecular complexity index is 61.5. The maximum atomic E-state index is 8.17. The fourth-order valence-corrected chi connectivity index (χ4v) is 0.672. The average Bonchev–Trinajstić information content (AvgIpc) is 1.81. The molecule has 0 saturated carbocycles. The molecule has 1 nitrogen and oxygen atoms in total. The largest absolute Gasteiger partial charge is 0.516 e. The van der Waals surface area contributed by atoms with Crippen molar-refractivity contribution in [3.63, 3.8) is 0 Å². The van der Waals surface area contributed by atoms with Crippen molar-refractivity contribution in [1.29, 1.82) is 0 Å². The molecule has 2 heteroatoms. The Kier molecular flexibility index (Phi) is 6.80. The molecule has 0 rings (SSSR count). The monoisotopic (exact) mass is 132 g/mol. The summed E-state index contributed by atoms with van der Waals surface area (Å²) in [5.74, 6) is 0.944. The minimum atomic E-state index is 0.944. The number of unbranched alkanes of at least 4 members (excludes halogenated alkanes) is 2. The van der Waals surface area contributed by atoms with Crippen LogP contribution in [-0.4, -0.2) is 10.9 Å². The molecule has 0 saturated heterocycles. The Morgan fingerprint density at radius 1 is 1.38 bits per heavy atom. The molecular weight excluding hydrogens is 120 g/mol. The standard InChI is InChI=1S/C6H12OS/c7-5-3-1-2-4-6-8/h3,5,7-8H,1-2,4,6H2. The maximum Gasteiger partial charge on any atom is 0.0751 e. The molecule has 0 fully saturated rings. The van der Waals surface area contributed by atoms with Crippen LogP contribution in [0, 0.1) is 0 Å². The van der Waals surface area contributed by atoms with Gasteiger partial charge in [0.25, 0.3) is 0 Å². The van der Waals surface area contributed by atoms with Gasteiger partial charge in [-0.2, -0.15) is 12.6 Å². The summed E-state index contributed by atoms with van der Waals surface area (Å²) in [6, 6.07) is 0. The maximum absolute atomic E-state index is 8.17. The van der Waals surface area contributed by atoms with Gasteiger partial charge in [-0.15, -0.1) is 0 Å². The van der Waals surface area contributed by atoms with E-state index in [2.05, 4.69) is 12.6 Å². The minimum absolute atomic E-state index is 0.944. The molecule has 0 bridgehead atoms. The second-order valence-corrected chi connectivity index (χ2v) is 2.05. The van der Waals surface area contributed by atoms with E-state index in [4.69, 9.17) is 5.11 Å². The summed E-state index contributed by atoms with van der Waals surface area (Å²) >= 11 is 4.04. The van der Waals surface area contributed by atoms with Gasteiger partial charge in [0, 0.05) is 0 Å². The van der Waals surface area contributed by atoms with Crippen molar-refractivity contribution in [2.24, 2.45) is 0 Å². The first-order valence-corrected chi connectivity index (χ1v) is 3.45. The lowest BCUT2D eigenvalue weighted by atomic mass is 10.2. The lowest BCUT2D eigenvalue weighted by Gasteiger charge is -1.88. The van der Waals surface area contributed by atoms with Gasteiger partial charge in [-0.1, -0.05) is 6.08 Å². The Morgan fingerprint density at radius 2 is 2.12 bits per heavy atom. The van der Waals surface area contributed by atoms with Crippen LogP contribution in [0.1, 0.15) is 19.3 Å². The van der Waals surface area contributed by atoms with Crippen LogP contribution in [0.3, 0.4) is 0 Å². The summed E-state index contributed by atoms with van der Waals surface area (Å²) in [5.41, 5.74) is 0. The fraction of sp³-hybridized carbons (Fsp3) is 0.667. The van der Waals surface area contributed by atoms with Gasteiger partial charge in [0.15, 0.2) is 0 Å². The van der Waals surface area contributed by atoms with E-state index in [0.717, 1.165) is 31.3 Å². The van der Waals surface area contributed by atoms with E-state index in [1.165, 1.54) is 0 Å². The van der Waals surface area contributed by atoms with E-state index in [9.17, 15) is 0 Å². The zero-order valence-corrected chi connectivity index (χ0v) is 5.77. The summed E-state index contributed by atoms with van der Waals surface area (Å²) < 4.78 is 0. The van der Waals surface area contributed by atoms with Crippen LogP contribution in [0.5, 0.6) is 0 Å². The van der Waals surface area contributed by atoms with E-state index in [0.29, 0.717) is 0 Å². The van der Waals surface area contributed by atoms with Crippen LogP contribution in [0.15, 0.2) is 12.3 Å². The van der Waals surface area contributed by atoms with E-state index >= 15 is 0 Å². The minimum Gasteiger partial charge on any atom is -0.516 e. The van der Waals surface area contributed by atoms with Crippen LogP contribution >= 0.6 is 12.6 Å². The second-order valence-electron chi connectivity index (χ2n) is 1.60. The molecule has 0 aliphatic rings. The van der Waals surface area contributed by atoms with Crippen molar-refractivity contribution < 1.29 is 5.11 Å². The van der Waals surface area contributed by atoms with Crippen LogP contribution in [0.4, 0.5) is 0 Å². The summed E-state index contributed by atoms with van der Waals surface area (Å²) in [6.45, 7) is 0. The predicted octanol–water partition coefficient (Wildman–Crippen LogP) is 2.16. The average molecular weight is 132 g/mol. The number of thiol groups is 1. The Labute approximate surface area is 55.8 Å². The molecule has 0 aromatic rings. The first-order valence-electron chi connectivity index (χ1n) is 2.82. The van der Waals surface area contributed by atoms with E-state index in [-0.39, 0.29) is 0 Å². The highest BCUT2D eigenvalue weighted by Crippen LogP contribution is 1.96. The number of aliphatic hydroxyl groups excluding tert-OH is 1. The highest BCUT2D eigenvalue weighted by Gasteiger charge is 1.79. The van der Waals surface area contributed by atoms with E-state index in [1.807, 2.05) is 0 Å². The van der Waals surface area contributed by atoms with Crippen molar-refractivity contribution in [3.8, 4) is 0 Å². The quantitative estimate of drug-likeness (QED) is 0.341. The third kappa shape index (κ3) is 5.89. The molecule has 0 spiro atoms. The Hall–Kier alpha value is -0.110. The first kappa shape index (κ1) is 7.89. The van der Waals surface area contributed by atoms with Crippen molar-refractivity contribution >= 4 is 12.6 Å². The predicted molar refractivity (Wildman–Crippen MR) is 39.5 cm³/mol. The Morgan fingerprint density at radius 3 is 2.62 bits per heavy atom. The van der Waals surface area contributed by atoms with E-state index < -0.39 is 0 Å². The van der Waals surface area contributed by atoms with Crippen molar-refractivity contribution in [1.82, 2.24) is 0 Å². The summed E-state index contributed by atoms with van der Waals surface area (Å²) in [5, 5.41) is 8.17. The van der Waals surface area contributed by atoms with E-state index in [1.54, 1.807) is 6.08 Å². The smallest absolute Gasteiger partial charge is 0.0751 e. The van der Waals surface area contributed by atoms with Gasteiger partial charge in [-0.25, -0.2) is 0 Å². The van der Waals surface area contributed by atoms with Crippen molar-refractivity contribution in [3.05, 3.63) is 12.3 Å². The van der Waals surface area contributed by atoms with Gasteiger partial charge in [0.05, 0.1) is 6.26 Å². The SMILES string of the molecule is OC=CCCCCS. The van der Waals surface area contributed by atoms with Gasteiger partial charge in [0.2, 0.25) is 0 Å². The third-order valence-corrected chi connectivity index (χ3v) is 1.20. The highest BCUT2D eigenvalue weighted by molar-refractivity contribution is 7.80. The molecule has 0 aliphatic heterocycles. The second kappa shape index (κ2) is 6.89. The van der Waals surface area contributed by atoms with Gasteiger partial charge < -0.3 is 5.11 Å². The molecular formula is C6H12OS. The molecule has 0 aromatic heterocycles. The summed E-state index contributed by atoms with van der Waals surface area (Å²) in [7, 11) is 0. The number of rotatable bonds is 4. The zero-order chi connectivity index (χ0) is 6.24. The van der Waals surface area contributed by atoms with Crippen molar-refractivity contribution in [2.75, 3.05) is 5.75 Å². The molecule has 8 heavy (non-hydrogen) atoms. The molecule has 0 unspecified atom stereocenters. The van der Waals surface area contributed by atoms with Crippen LogP contribution in [-0.2, 0) is 0 Å². The molecule has 0 radical (unpaired) electrons. The van der Waals surface area contributed by atoms with Crippen molar-refractivity contribution in [2.45, 2.75) is 19.3 Å². The van der Waals surface area contributed by atoms with Gasteiger partial charge in [0.1, 0.15) is 0 Å². The van der Waals surface area contributed by atoms with Crippen LogP contribution < -0.4 is 0 Å². The number of aliphatic hydroxyl groups is 1. The van der Waals surface area contributed by atoms with Gasteiger partial charge in [-0.3, -0.25) is 0 Å². The lowest BCUT2D eigenvalue weighted by molar-refractivity contribution is 0.470. The van der Waals surface area contributed by atoms with Crippen LogP contribution in [0.2, 0.25) is 0 Å². The van der Waals surface area contributed by atoms with Gasteiger partial charge >= 0.3 is 0 Å². The molecule has 1 N–H and O–H groups in total. The Balaban J connectivity index is 2.72. The molecule has 0 atom stereocenters. The number of hydrogen-bond acceptors (Lipinski definition) is 2. The fourth-order valence-electron chi connectivity index (χ4n) is 0.449. The lowest BCUT2D eigenvalue weighted by Crippen LogP contribution is -1.73. The third-order valence-electron chi connectivity index (χ3n) is 0.884. The highest BCUT2D eigenvalue weighted by atomic mass is 32.1. The summed E-state index contributed by atoms with van der Waals surface area (Å²) in [4.78, 5) is 0. The molecule has 48 valence electrons. The molecule has 0 amide bonds. The molecule has 0 aliphatic carbocycles.